The first-order valence-corrected chi connectivity index (χ1v) is 7.99. The second-order valence-electron chi connectivity index (χ2n) is 6.91. The number of rotatable bonds is 4. The van der Waals surface area contributed by atoms with Crippen molar-refractivity contribution in [3.05, 3.63) is 28.8 Å². The van der Waals surface area contributed by atoms with Gasteiger partial charge in [0.1, 0.15) is 5.75 Å². The SMILES string of the molecule is COc1c(C(N)CC2CC3CCC2C3)ccc(C)c1C. The Bertz CT molecular complexity index is 496. The molecule has 0 saturated heterocycles. The summed E-state index contributed by atoms with van der Waals surface area (Å²) in [5, 5.41) is 0. The van der Waals surface area contributed by atoms with Crippen LogP contribution in [0.5, 0.6) is 5.75 Å². The molecule has 2 aliphatic rings. The van der Waals surface area contributed by atoms with Gasteiger partial charge in [-0.3, -0.25) is 0 Å². The van der Waals surface area contributed by atoms with Crippen molar-refractivity contribution in [2.24, 2.45) is 23.5 Å². The Morgan fingerprint density at radius 1 is 1.25 bits per heavy atom. The molecule has 1 aromatic carbocycles. The van der Waals surface area contributed by atoms with Gasteiger partial charge in [0.05, 0.1) is 7.11 Å². The molecule has 4 unspecified atom stereocenters. The molecular formula is C18H27NO. The molecule has 0 radical (unpaired) electrons. The number of fused-ring (bicyclic) bond motifs is 2. The van der Waals surface area contributed by atoms with Crippen LogP contribution in [0.3, 0.4) is 0 Å². The maximum Gasteiger partial charge on any atom is 0.126 e. The van der Waals surface area contributed by atoms with Crippen molar-refractivity contribution in [1.29, 1.82) is 0 Å². The van der Waals surface area contributed by atoms with E-state index in [1.54, 1.807) is 7.11 Å². The van der Waals surface area contributed by atoms with Crippen LogP contribution in [0, 0.1) is 31.6 Å². The van der Waals surface area contributed by atoms with E-state index < -0.39 is 0 Å². The fourth-order valence-electron chi connectivity index (χ4n) is 4.49. The van der Waals surface area contributed by atoms with E-state index in [1.807, 2.05) is 0 Å². The van der Waals surface area contributed by atoms with Gasteiger partial charge in [-0.2, -0.15) is 0 Å². The second kappa shape index (κ2) is 5.40. The summed E-state index contributed by atoms with van der Waals surface area (Å²) in [6, 6.07) is 4.46. The maximum absolute atomic E-state index is 6.52. The highest BCUT2D eigenvalue weighted by Crippen LogP contribution is 2.51. The first-order valence-electron chi connectivity index (χ1n) is 7.99. The largest absolute Gasteiger partial charge is 0.496 e. The van der Waals surface area contributed by atoms with Crippen molar-refractivity contribution in [1.82, 2.24) is 0 Å². The second-order valence-corrected chi connectivity index (χ2v) is 6.91. The standard InChI is InChI=1S/C18H27NO/c1-11-4-7-16(18(20-3)12(11)2)17(19)10-15-9-13-5-6-14(15)8-13/h4,7,13-15,17H,5-6,8-10,19H2,1-3H3. The Hall–Kier alpha value is -1.02. The minimum atomic E-state index is 0.119. The molecule has 0 aliphatic heterocycles. The lowest BCUT2D eigenvalue weighted by molar-refractivity contribution is 0.293. The summed E-state index contributed by atoms with van der Waals surface area (Å²) in [6.45, 7) is 4.25. The summed E-state index contributed by atoms with van der Waals surface area (Å²) in [5.41, 5.74) is 10.2. The van der Waals surface area contributed by atoms with Crippen molar-refractivity contribution in [3.8, 4) is 5.75 Å². The summed E-state index contributed by atoms with van der Waals surface area (Å²) in [6.07, 6.45) is 6.89. The van der Waals surface area contributed by atoms with E-state index >= 15 is 0 Å². The van der Waals surface area contributed by atoms with E-state index in [4.69, 9.17) is 10.5 Å². The van der Waals surface area contributed by atoms with Crippen molar-refractivity contribution in [3.63, 3.8) is 0 Å². The summed E-state index contributed by atoms with van der Waals surface area (Å²) < 4.78 is 5.62. The molecule has 4 atom stereocenters. The Morgan fingerprint density at radius 3 is 2.65 bits per heavy atom. The van der Waals surface area contributed by atoms with Gasteiger partial charge in [-0.25, -0.2) is 0 Å². The Kier molecular flexibility index (Phi) is 3.76. The number of methoxy groups -OCH3 is 1. The lowest BCUT2D eigenvalue weighted by Gasteiger charge is -2.26. The zero-order chi connectivity index (χ0) is 14.3. The first-order chi connectivity index (χ1) is 9.60. The van der Waals surface area contributed by atoms with Crippen LogP contribution < -0.4 is 10.5 Å². The number of ether oxygens (including phenoxy) is 1. The Morgan fingerprint density at radius 2 is 2.05 bits per heavy atom. The normalized spacial score (nSPS) is 29.7. The Labute approximate surface area is 122 Å². The van der Waals surface area contributed by atoms with Gasteiger partial charge in [-0.1, -0.05) is 18.6 Å². The van der Waals surface area contributed by atoms with E-state index in [2.05, 4.69) is 26.0 Å². The molecule has 0 heterocycles. The average Bonchev–Trinajstić information content (AvgIpc) is 3.03. The third-order valence-electron chi connectivity index (χ3n) is 5.75. The summed E-state index contributed by atoms with van der Waals surface area (Å²) in [5.74, 6) is 3.79. The van der Waals surface area contributed by atoms with Crippen LogP contribution in [0.15, 0.2) is 12.1 Å². The molecule has 0 amide bonds. The first kappa shape index (κ1) is 13.9. The number of hydrogen-bond donors (Lipinski definition) is 1. The van der Waals surface area contributed by atoms with Gasteiger partial charge >= 0.3 is 0 Å². The molecule has 2 aliphatic carbocycles. The lowest BCUT2D eigenvalue weighted by Crippen LogP contribution is -2.20. The molecular weight excluding hydrogens is 246 g/mol. The van der Waals surface area contributed by atoms with Crippen LogP contribution >= 0.6 is 0 Å². The molecule has 2 fully saturated rings. The fourth-order valence-corrected chi connectivity index (χ4v) is 4.49. The number of benzene rings is 1. The Balaban J connectivity index is 1.77. The molecule has 1 aromatic rings. The number of nitrogens with two attached hydrogens (primary N) is 1. The quantitative estimate of drug-likeness (QED) is 0.895. The summed E-state index contributed by atoms with van der Waals surface area (Å²) in [7, 11) is 1.76. The molecule has 0 aromatic heterocycles. The van der Waals surface area contributed by atoms with Crippen molar-refractivity contribution in [2.75, 3.05) is 7.11 Å². The molecule has 2 heteroatoms. The maximum atomic E-state index is 6.52. The molecule has 0 spiro atoms. The van der Waals surface area contributed by atoms with Gasteiger partial charge in [-0.05, 0) is 68.4 Å². The van der Waals surface area contributed by atoms with Gasteiger partial charge < -0.3 is 10.5 Å². The zero-order valence-corrected chi connectivity index (χ0v) is 13.0. The minimum absolute atomic E-state index is 0.119. The third kappa shape index (κ3) is 2.35. The van der Waals surface area contributed by atoms with E-state index in [-0.39, 0.29) is 6.04 Å². The highest BCUT2D eigenvalue weighted by Gasteiger charge is 2.40. The number of hydrogen-bond acceptors (Lipinski definition) is 2. The van der Waals surface area contributed by atoms with E-state index in [1.165, 1.54) is 42.4 Å². The van der Waals surface area contributed by atoms with Crippen LogP contribution in [0.4, 0.5) is 0 Å². The van der Waals surface area contributed by atoms with Crippen LogP contribution in [0.25, 0.3) is 0 Å². The molecule has 3 rings (SSSR count). The zero-order valence-electron chi connectivity index (χ0n) is 13.0. The third-order valence-corrected chi connectivity index (χ3v) is 5.75. The average molecular weight is 273 g/mol. The van der Waals surface area contributed by atoms with Crippen LogP contribution in [0.2, 0.25) is 0 Å². The van der Waals surface area contributed by atoms with Crippen molar-refractivity contribution < 1.29 is 4.74 Å². The molecule has 20 heavy (non-hydrogen) atoms. The van der Waals surface area contributed by atoms with Crippen LogP contribution in [-0.4, -0.2) is 7.11 Å². The molecule has 110 valence electrons. The van der Waals surface area contributed by atoms with E-state index in [0.717, 1.165) is 29.9 Å². The van der Waals surface area contributed by atoms with Crippen LogP contribution in [0.1, 0.15) is 54.8 Å². The monoisotopic (exact) mass is 273 g/mol. The van der Waals surface area contributed by atoms with E-state index in [0.29, 0.717) is 0 Å². The molecule has 2 nitrogen and oxygen atoms in total. The highest BCUT2D eigenvalue weighted by molar-refractivity contribution is 5.46. The van der Waals surface area contributed by atoms with Gasteiger partial charge in [-0.15, -0.1) is 0 Å². The van der Waals surface area contributed by atoms with Gasteiger partial charge in [0.15, 0.2) is 0 Å². The fraction of sp³-hybridized carbons (Fsp3) is 0.667. The predicted octanol–water partition coefficient (Wildman–Crippen LogP) is 4.14. The van der Waals surface area contributed by atoms with Crippen molar-refractivity contribution in [2.45, 2.75) is 52.0 Å². The molecule has 2 N–H and O–H groups in total. The van der Waals surface area contributed by atoms with Gasteiger partial charge in [0.2, 0.25) is 0 Å². The topological polar surface area (TPSA) is 35.2 Å². The van der Waals surface area contributed by atoms with Gasteiger partial charge in [0.25, 0.3) is 0 Å². The molecule has 2 bridgehead atoms. The minimum Gasteiger partial charge on any atom is -0.496 e. The van der Waals surface area contributed by atoms with E-state index in [9.17, 15) is 0 Å². The smallest absolute Gasteiger partial charge is 0.126 e. The molecule has 2 saturated carbocycles. The van der Waals surface area contributed by atoms with Crippen LogP contribution in [-0.2, 0) is 0 Å². The van der Waals surface area contributed by atoms with Gasteiger partial charge in [0, 0.05) is 11.6 Å². The summed E-state index contributed by atoms with van der Waals surface area (Å²) >= 11 is 0. The lowest BCUT2D eigenvalue weighted by atomic mass is 9.82. The number of aryl methyl sites for hydroxylation is 1. The van der Waals surface area contributed by atoms with Crippen molar-refractivity contribution >= 4 is 0 Å². The predicted molar refractivity (Wildman–Crippen MR) is 83.0 cm³/mol. The highest BCUT2D eigenvalue weighted by atomic mass is 16.5. The summed E-state index contributed by atoms with van der Waals surface area (Å²) in [4.78, 5) is 0.